The van der Waals surface area contributed by atoms with E-state index >= 15 is 0 Å². The van der Waals surface area contributed by atoms with E-state index in [0.717, 1.165) is 18.2 Å². The third kappa shape index (κ3) is 2.46. The summed E-state index contributed by atoms with van der Waals surface area (Å²) >= 11 is 0. The molecule has 0 atom stereocenters. The maximum Gasteiger partial charge on any atom is 0.271 e. The molecule has 4 nitrogen and oxygen atoms in total. The van der Waals surface area contributed by atoms with Gasteiger partial charge < -0.3 is 5.32 Å². The first-order valence-electron chi connectivity index (χ1n) is 5.24. The highest BCUT2D eigenvalue weighted by molar-refractivity contribution is 5.50. The number of nitro groups is 1. The van der Waals surface area contributed by atoms with Gasteiger partial charge in [0.15, 0.2) is 0 Å². The minimum atomic E-state index is -0.367. The zero-order valence-corrected chi connectivity index (χ0v) is 8.48. The zero-order valence-electron chi connectivity index (χ0n) is 8.48. The van der Waals surface area contributed by atoms with E-state index in [9.17, 15) is 10.1 Å². The standard InChI is InChI=1S/C11H14N2O2/c14-13(15)11-6-2-5-10(7-11)12-8-9-3-1-4-9/h2,5-7,9,12H,1,3-4,8H2. The van der Waals surface area contributed by atoms with Gasteiger partial charge in [0.05, 0.1) is 4.92 Å². The number of nitro benzene ring substituents is 1. The van der Waals surface area contributed by atoms with E-state index in [1.807, 2.05) is 6.07 Å². The Bertz CT molecular complexity index is 361. The van der Waals surface area contributed by atoms with Crippen molar-refractivity contribution in [1.82, 2.24) is 0 Å². The third-order valence-corrected chi connectivity index (χ3v) is 2.88. The van der Waals surface area contributed by atoms with Gasteiger partial charge in [-0.05, 0) is 24.8 Å². The summed E-state index contributed by atoms with van der Waals surface area (Å²) in [6.45, 7) is 0.932. The van der Waals surface area contributed by atoms with Gasteiger partial charge in [-0.15, -0.1) is 0 Å². The van der Waals surface area contributed by atoms with Crippen molar-refractivity contribution >= 4 is 11.4 Å². The van der Waals surface area contributed by atoms with Crippen molar-refractivity contribution in [3.63, 3.8) is 0 Å². The molecule has 1 aromatic carbocycles. The minimum absolute atomic E-state index is 0.147. The lowest BCUT2D eigenvalue weighted by Gasteiger charge is -2.25. The van der Waals surface area contributed by atoms with Gasteiger partial charge in [-0.25, -0.2) is 0 Å². The van der Waals surface area contributed by atoms with E-state index in [1.54, 1.807) is 12.1 Å². The Labute approximate surface area is 88.5 Å². The van der Waals surface area contributed by atoms with Crippen LogP contribution < -0.4 is 5.32 Å². The smallest absolute Gasteiger partial charge is 0.271 e. The summed E-state index contributed by atoms with van der Waals surface area (Å²) < 4.78 is 0. The number of rotatable bonds is 4. The zero-order chi connectivity index (χ0) is 10.7. The van der Waals surface area contributed by atoms with Crippen molar-refractivity contribution in [2.45, 2.75) is 19.3 Å². The summed E-state index contributed by atoms with van der Waals surface area (Å²) in [5.74, 6) is 0.754. The van der Waals surface area contributed by atoms with Crippen molar-refractivity contribution in [1.29, 1.82) is 0 Å². The lowest BCUT2D eigenvalue weighted by Crippen LogP contribution is -2.20. The fourth-order valence-corrected chi connectivity index (χ4v) is 1.69. The van der Waals surface area contributed by atoms with Crippen LogP contribution in [0.4, 0.5) is 11.4 Å². The second kappa shape index (κ2) is 4.29. The van der Waals surface area contributed by atoms with Crippen LogP contribution in [0.2, 0.25) is 0 Å². The molecular formula is C11H14N2O2. The molecule has 1 saturated carbocycles. The highest BCUT2D eigenvalue weighted by atomic mass is 16.6. The Morgan fingerprint density at radius 2 is 2.27 bits per heavy atom. The molecule has 0 heterocycles. The van der Waals surface area contributed by atoms with Gasteiger partial charge >= 0.3 is 0 Å². The monoisotopic (exact) mass is 206 g/mol. The number of benzene rings is 1. The van der Waals surface area contributed by atoms with Crippen LogP contribution >= 0.6 is 0 Å². The number of hydrogen-bond acceptors (Lipinski definition) is 3. The number of nitrogens with zero attached hydrogens (tertiary/aromatic N) is 1. The third-order valence-electron chi connectivity index (χ3n) is 2.88. The van der Waals surface area contributed by atoms with Crippen molar-refractivity contribution in [3.8, 4) is 0 Å². The van der Waals surface area contributed by atoms with E-state index in [0.29, 0.717) is 0 Å². The van der Waals surface area contributed by atoms with Crippen LogP contribution in [0, 0.1) is 16.0 Å². The lowest BCUT2D eigenvalue weighted by atomic mass is 9.85. The van der Waals surface area contributed by atoms with Gasteiger partial charge in [0, 0.05) is 24.4 Å². The summed E-state index contributed by atoms with van der Waals surface area (Å²) in [6, 6.07) is 6.67. The molecule has 80 valence electrons. The molecule has 0 saturated heterocycles. The van der Waals surface area contributed by atoms with Gasteiger partial charge in [0.1, 0.15) is 0 Å². The number of hydrogen-bond donors (Lipinski definition) is 1. The average molecular weight is 206 g/mol. The topological polar surface area (TPSA) is 55.2 Å². The lowest BCUT2D eigenvalue weighted by molar-refractivity contribution is -0.384. The van der Waals surface area contributed by atoms with Crippen molar-refractivity contribution < 1.29 is 4.92 Å². The van der Waals surface area contributed by atoms with Crippen molar-refractivity contribution in [3.05, 3.63) is 34.4 Å². The summed E-state index contributed by atoms with van der Waals surface area (Å²) in [7, 11) is 0. The van der Waals surface area contributed by atoms with Crippen LogP contribution in [0.25, 0.3) is 0 Å². The largest absolute Gasteiger partial charge is 0.385 e. The van der Waals surface area contributed by atoms with Crippen molar-refractivity contribution in [2.24, 2.45) is 5.92 Å². The molecule has 1 N–H and O–H groups in total. The molecule has 2 rings (SSSR count). The van der Waals surface area contributed by atoms with E-state index < -0.39 is 0 Å². The summed E-state index contributed by atoms with van der Waals surface area (Å²) in [4.78, 5) is 10.2. The molecule has 1 fully saturated rings. The van der Waals surface area contributed by atoms with Gasteiger partial charge in [-0.2, -0.15) is 0 Å². The van der Waals surface area contributed by atoms with E-state index in [4.69, 9.17) is 0 Å². The molecule has 1 aromatic rings. The molecule has 0 radical (unpaired) electrons. The molecule has 15 heavy (non-hydrogen) atoms. The Balaban J connectivity index is 1.94. The summed E-state index contributed by atoms with van der Waals surface area (Å²) in [5, 5.41) is 13.8. The predicted octanol–water partition coefficient (Wildman–Crippen LogP) is 2.81. The SMILES string of the molecule is O=[N+]([O-])c1cccc(NCC2CCC2)c1. The second-order valence-corrected chi connectivity index (χ2v) is 3.99. The van der Waals surface area contributed by atoms with E-state index in [1.165, 1.54) is 25.3 Å². The Kier molecular flexibility index (Phi) is 2.85. The fourth-order valence-electron chi connectivity index (χ4n) is 1.69. The van der Waals surface area contributed by atoms with E-state index in [2.05, 4.69) is 5.32 Å². The highest BCUT2D eigenvalue weighted by Gasteiger charge is 2.16. The van der Waals surface area contributed by atoms with Gasteiger partial charge in [0.25, 0.3) is 5.69 Å². The molecular weight excluding hydrogens is 192 g/mol. The van der Waals surface area contributed by atoms with Crippen molar-refractivity contribution in [2.75, 3.05) is 11.9 Å². The van der Waals surface area contributed by atoms with Gasteiger partial charge in [-0.3, -0.25) is 10.1 Å². The molecule has 0 unspecified atom stereocenters. The maximum absolute atomic E-state index is 10.5. The van der Waals surface area contributed by atoms with E-state index in [-0.39, 0.29) is 10.6 Å². The van der Waals surface area contributed by atoms with Crippen LogP contribution in [0.1, 0.15) is 19.3 Å². The number of nitrogens with one attached hydrogen (secondary N) is 1. The molecule has 0 aromatic heterocycles. The van der Waals surface area contributed by atoms with Gasteiger partial charge in [0.2, 0.25) is 0 Å². The quantitative estimate of drug-likeness (QED) is 0.608. The fraction of sp³-hybridized carbons (Fsp3) is 0.455. The van der Waals surface area contributed by atoms with Crippen LogP contribution in [0.15, 0.2) is 24.3 Å². The van der Waals surface area contributed by atoms with Crippen LogP contribution in [-0.4, -0.2) is 11.5 Å². The number of non-ortho nitro benzene ring substituents is 1. The molecule has 1 aliphatic rings. The molecule has 4 heteroatoms. The first kappa shape index (κ1) is 9.96. The predicted molar refractivity (Wildman–Crippen MR) is 58.9 cm³/mol. The van der Waals surface area contributed by atoms with Crippen LogP contribution in [-0.2, 0) is 0 Å². The normalized spacial score (nSPS) is 15.7. The molecule has 0 aliphatic heterocycles. The second-order valence-electron chi connectivity index (χ2n) is 3.99. The summed E-state index contributed by atoms with van der Waals surface area (Å²) in [5.41, 5.74) is 0.990. The first-order valence-corrected chi connectivity index (χ1v) is 5.24. The molecule has 0 amide bonds. The maximum atomic E-state index is 10.5. The molecule has 0 bridgehead atoms. The highest BCUT2D eigenvalue weighted by Crippen LogP contribution is 2.27. The minimum Gasteiger partial charge on any atom is -0.385 e. The number of anilines is 1. The Morgan fingerprint density at radius 3 is 2.87 bits per heavy atom. The summed E-state index contributed by atoms with van der Waals surface area (Å²) in [6.07, 6.45) is 3.88. The van der Waals surface area contributed by atoms with Gasteiger partial charge in [-0.1, -0.05) is 12.5 Å². The Morgan fingerprint density at radius 1 is 1.47 bits per heavy atom. The van der Waals surface area contributed by atoms with Crippen LogP contribution in [0.3, 0.4) is 0 Å². The molecule has 1 aliphatic carbocycles. The Hall–Kier alpha value is -1.58. The average Bonchev–Trinajstić information content (AvgIpc) is 2.16. The van der Waals surface area contributed by atoms with Crippen LogP contribution in [0.5, 0.6) is 0 Å². The molecule has 0 spiro atoms. The first-order chi connectivity index (χ1) is 7.25.